The predicted octanol–water partition coefficient (Wildman–Crippen LogP) is -3.55. The summed E-state index contributed by atoms with van der Waals surface area (Å²) in [4.78, 5) is 0. The zero-order valence-electron chi connectivity index (χ0n) is 27.7. The van der Waals surface area contributed by atoms with Gasteiger partial charge in [0.2, 0.25) is 0 Å². The molecule has 0 aliphatic carbocycles. The van der Waals surface area contributed by atoms with E-state index in [2.05, 4.69) is 177 Å². The molecule has 0 aliphatic rings. The van der Waals surface area contributed by atoms with Crippen LogP contribution >= 0.6 is 0 Å². The van der Waals surface area contributed by atoms with Crippen LogP contribution in [0.5, 0.6) is 0 Å². The molecular weight excluding hydrogens is 904 g/mol. The number of benzene rings is 2. The van der Waals surface area contributed by atoms with Crippen LogP contribution in [0.3, 0.4) is 0 Å². The molecule has 8 heteroatoms. The van der Waals surface area contributed by atoms with E-state index in [0.29, 0.717) is 0 Å². The summed E-state index contributed by atoms with van der Waals surface area (Å²) >= 11 is 0. The minimum Gasteiger partial charge on any atom is -1.00 e. The predicted molar refractivity (Wildman–Crippen MR) is 199 cm³/mol. The zero-order valence-corrected chi connectivity index (χ0v) is 34.0. The fourth-order valence-corrected chi connectivity index (χ4v) is 5.85. The molecule has 4 aromatic heterocycles. The first kappa shape index (κ1) is 51.1. The number of pyridine rings is 4. The molecule has 0 amide bonds. The van der Waals surface area contributed by atoms with Gasteiger partial charge in [0.05, 0.1) is 6.42 Å². The SMILES string of the molecule is C.C.C.[Br-].[Br-].[Br-].[Br-].c1ccc(CCC[n+]2ccc(-c3cc[n+](CCC[n+]4ccc(-c5cc[n+](CCCc6ccccc6)cc5)cc4)cc3)cc2)cc1. The molecule has 4 heterocycles. The van der Waals surface area contributed by atoms with Gasteiger partial charge in [-0.25, -0.2) is 18.3 Å². The molecule has 6 rings (SSSR count). The lowest BCUT2D eigenvalue weighted by atomic mass is 10.1. The van der Waals surface area contributed by atoms with Crippen LogP contribution in [0, 0.1) is 0 Å². The third kappa shape index (κ3) is 15.9. The molecular formula is C44H56Br4N4. The topological polar surface area (TPSA) is 15.5 Å². The smallest absolute Gasteiger partial charge is 0.169 e. The largest absolute Gasteiger partial charge is 1.00 e. The maximum Gasteiger partial charge on any atom is 0.169 e. The number of aromatic nitrogens is 4. The molecule has 0 spiro atoms. The summed E-state index contributed by atoms with van der Waals surface area (Å²) in [5, 5.41) is 0. The average Bonchev–Trinajstić information content (AvgIpc) is 3.11. The maximum absolute atomic E-state index is 2.28. The van der Waals surface area contributed by atoms with E-state index in [1.165, 1.54) is 33.4 Å². The Morgan fingerprint density at radius 3 is 0.769 bits per heavy atom. The van der Waals surface area contributed by atoms with Crippen LogP contribution in [-0.2, 0) is 39.0 Å². The number of aryl methyl sites for hydroxylation is 6. The number of nitrogens with zero attached hydrogens (tertiary/aromatic N) is 4. The van der Waals surface area contributed by atoms with Crippen LogP contribution in [0.4, 0.5) is 0 Å². The molecule has 0 unspecified atom stereocenters. The molecule has 2 aromatic carbocycles. The van der Waals surface area contributed by atoms with Crippen LogP contribution in [0.1, 0.15) is 52.7 Å². The van der Waals surface area contributed by atoms with Crippen molar-refractivity contribution >= 4 is 0 Å². The quantitative estimate of drug-likeness (QED) is 0.101. The van der Waals surface area contributed by atoms with E-state index in [9.17, 15) is 0 Å². The Kier molecular flexibility index (Phi) is 27.1. The van der Waals surface area contributed by atoms with Crippen molar-refractivity contribution in [2.24, 2.45) is 0 Å². The van der Waals surface area contributed by atoms with Gasteiger partial charge in [-0.2, -0.15) is 0 Å². The summed E-state index contributed by atoms with van der Waals surface area (Å²) in [6.45, 7) is 4.06. The monoisotopic (exact) mass is 956 g/mol. The minimum atomic E-state index is 0. The lowest BCUT2D eigenvalue weighted by Gasteiger charge is -2.03. The molecule has 0 radical (unpaired) electrons. The molecule has 0 atom stereocenters. The first-order valence-electron chi connectivity index (χ1n) is 16.3. The Hall–Kier alpha value is -3.04. The van der Waals surface area contributed by atoms with E-state index in [-0.39, 0.29) is 90.2 Å². The van der Waals surface area contributed by atoms with E-state index in [1.807, 2.05) is 0 Å². The van der Waals surface area contributed by atoms with Gasteiger partial charge in [0.15, 0.2) is 62.7 Å². The second-order valence-corrected chi connectivity index (χ2v) is 11.8. The van der Waals surface area contributed by atoms with Gasteiger partial charge in [0.1, 0.15) is 13.1 Å². The molecule has 6 aromatic rings. The highest BCUT2D eigenvalue weighted by Crippen LogP contribution is 2.17. The third-order valence-corrected chi connectivity index (χ3v) is 8.51. The number of rotatable bonds is 14. The number of hydrogen-bond acceptors (Lipinski definition) is 0. The molecule has 4 nitrogen and oxygen atoms in total. The molecule has 52 heavy (non-hydrogen) atoms. The van der Waals surface area contributed by atoms with Crippen molar-refractivity contribution in [3.8, 4) is 22.3 Å². The highest BCUT2D eigenvalue weighted by atomic mass is 79.9. The van der Waals surface area contributed by atoms with E-state index in [4.69, 9.17) is 0 Å². The lowest BCUT2D eigenvalue weighted by molar-refractivity contribution is -0.726. The van der Waals surface area contributed by atoms with Crippen molar-refractivity contribution in [1.29, 1.82) is 0 Å². The summed E-state index contributed by atoms with van der Waals surface area (Å²) in [5.41, 5.74) is 7.84. The summed E-state index contributed by atoms with van der Waals surface area (Å²) in [7, 11) is 0. The maximum atomic E-state index is 2.28. The summed E-state index contributed by atoms with van der Waals surface area (Å²) in [5.74, 6) is 0. The lowest BCUT2D eigenvalue weighted by Crippen LogP contribution is -3.00. The van der Waals surface area contributed by atoms with Gasteiger partial charge in [0.25, 0.3) is 0 Å². The van der Waals surface area contributed by atoms with Crippen LogP contribution in [0.25, 0.3) is 22.3 Å². The second kappa shape index (κ2) is 27.5. The van der Waals surface area contributed by atoms with Crippen molar-refractivity contribution in [2.75, 3.05) is 0 Å². The van der Waals surface area contributed by atoms with E-state index in [0.717, 1.165) is 58.3 Å². The van der Waals surface area contributed by atoms with Gasteiger partial charge in [-0.1, -0.05) is 82.9 Å². The first-order chi connectivity index (χ1) is 22.3. The van der Waals surface area contributed by atoms with Gasteiger partial charge in [-0.3, -0.25) is 0 Å². The van der Waals surface area contributed by atoms with Gasteiger partial charge in [-0.05, 0) is 46.2 Å². The summed E-state index contributed by atoms with van der Waals surface area (Å²) in [6, 6.07) is 39.3. The van der Waals surface area contributed by atoms with Crippen molar-refractivity contribution in [3.05, 3.63) is 170 Å². The molecule has 0 fully saturated rings. The molecule has 0 N–H and O–H groups in total. The van der Waals surface area contributed by atoms with Crippen LogP contribution in [-0.4, -0.2) is 0 Å². The van der Waals surface area contributed by atoms with E-state index >= 15 is 0 Å². The van der Waals surface area contributed by atoms with Crippen LogP contribution in [0.2, 0.25) is 0 Å². The Labute approximate surface area is 356 Å². The fourth-order valence-electron chi connectivity index (χ4n) is 5.85. The van der Waals surface area contributed by atoms with E-state index < -0.39 is 0 Å². The van der Waals surface area contributed by atoms with Gasteiger partial charge in [0, 0.05) is 61.4 Å². The van der Waals surface area contributed by atoms with Crippen molar-refractivity contribution in [3.63, 3.8) is 0 Å². The molecule has 0 saturated carbocycles. The Morgan fingerprint density at radius 1 is 0.288 bits per heavy atom. The Morgan fingerprint density at radius 2 is 0.519 bits per heavy atom. The third-order valence-electron chi connectivity index (χ3n) is 8.51. The van der Waals surface area contributed by atoms with Gasteiger partial charge >= 0.3 is 0 Å². The number of hydrogen-bond donors (Lipinski definition) is 0. The van der Waals surface area contributed by atoms with Crippen molar-refractivity contribution < 1.29 is 86.2 Å². The normalized spacial score (nSPS) is 9.54. The summed E-state index contributed by atoms with van der Waals surface area (Å²) in [6.07, 6.45) is 23.2. The fraction of sp³-hybridized carbons (Fsp3) is 0.273. The Balaban J connectivity index is 0. The zero-order chi connectivity index (χ0) is 30.5. The Bertz CT molecular complexity index is 1600. The molecule has 280 valence electrons. The van der Waals surface area contributed by atoms with Crippen molar-refractivity contribution in [1.82, 2.24) is 0 Å². The molecule has 0 aliphatic heterocycles. The highest BCUT2D eigenvalue weighted by Gasteiger charge is 2.09. The van der Waals surface area contributed by atoms with Gasteiger partial charge < -0.3 is 67.9 Å². The average molecular weight is 961 g/mol. The molecule has 0 saturated heterocycles. The standard InChI is InChI=1S/C41H44N4.3CH4.4BrH/c1-3-10-36(11-4-1)14-7-24-42-28-16-38(17-29-42)40-20-32-44(33-21-40)26-9-27-45-34-22-41(23-35-45)39-18-30-43(31-19-39)25-8-15-37-12-5-2-6-13-37;;;;;;;/h1-6,10-13,16-23,28-35H,7-9,14-15,24-27H2;3*1H4;4*1H/q+4;;;;;;;/p-4. The van der Waals surface area contributed by atoms with Crippen LogP contribution in [0.15, 0.2) is 159 Å². The second-order valence-electron chi connectivity index (χ2n) is 11.8. The highest BCUT2D eigenvalue weighted by molar-refractivity contribution is 5.61. The summed E-state index contributed by atoms with van der Waals surface area (Å²) < 4.78 is 9.13. The van der Waals surface area contributed by atoms with Gasteiger partial charge in [-0.15, -0.1) is 0 Å². The van der Waals surface area contributed by atoms with E-state index in [1.54, 1.807) is 0 Å². The minimum absolute atomic E-state index is 0. The first-order valence-corrected chi connectivity index (χ1v) is 16.3. The molecule has 0 bridgehead atoms. The van der Waals surface area contributed by atoms with Crippen LogP contribution < -0.4 is 86.2 Å². The number of halogens is 4. The van der Waals surface area contributed by atoms with Crippen molar-refractivity contribution in [2.45, 2.75) is 80.6 Å².